The topological polar surface area (TPSA) is 42.4 Å². The molecule has 1 aromatic heterocycles. The number of ether oxygens (including phenoxy) is 1. The molecule has 12 heavy (non-hydrogen) atoms. The lowest BCUT2D eigenvalue weighted by Crippen LogP contribution is -1.98. The Hall–Kier alpha value is -0.800. The molecule has 0 fully saturated rings. The van der Waals surface area contributed by atoms with E-state index in [4.69, 9.17) is 21.4 Å². The quantitative estimate of drug-likeness (QED) is 0.782. The third kappa shape index (κ3) is 2.09. The molecule has 4 heteroatoms. The molecule has 0 aliphatic rings. The first-order valence-electron chi connectivity index (χ1n) is 3.66. The maximum Gasteiger partial charge on any atom is 0.218 e. The molecule has 0 spiro atoms. The third-order valence-electron chi connectivity index (χ3n) is 1.34. The van der Waals surface area contributed by atoms with Crippen LogP contribution >= 0.6 is 11.6 Å². The van der Waals surface area contributed by atoms with Crippen LogP contribution in [0.2, 0.25) is 5.02 Å². The van der Waals surface area contributed by atoms with Gasteiger partial charge in [-0.25, -0.2) is 4.98 Å². The predicted octanol–water partition coefficient (Wildman–Crippen LogP) is 1.63. The molecule has 1 rings (SSSR count). The highest BCUT2D eigenvalue weighted by Crippen LogP contribution is 2.19. The maximum atomic E-state index is 8.89. The highest BCUT2D eigenvalue weighted by Gasteiger charge is 2.03. The minimum atomic E-state index is -0.108. The molecule has 0 unspecified atom stereocenters. The average Bonchev–Trinajstić information content (AvgIpc) is 2.08. The number of aliphatic hydroxyl groups is 1. The van der Waals surface area contributed by atoms with E-state index in [9.17, 15) is 0 Å². The standard InChI is InChI=1S/C8H10ClNO2/c1-2-12-8-6(5-11)3-7(9)4-10-8/h3-4,11H,2,5H2,1H3. The molecule has 0 aliphatic carbocycles. The first-order valence-corrected chi connectivity index (χ1v) is 4.03. The summed E-state index contributed by atoms with van der Waals surface area (Å²) in [7, 11) is 0. The largest absolute Gasteiger partial charge is 0.478 e. The summed E-state index contributed by atoms with van der Waals surface area (Å²) in [6, 6.07) is 1.64. The molecule has 0 saturated heterocycles. The van der Waals surface area contributed by atoms with E-state index >= 15 is 0 Å². The minimum Gasteiger partial charge on any atom is -0.478 e. The average molecular weight is 188 g/mol. The molecule has 1 heterocycles. The molecule has 0 radical (unpaired) electrons. The van der Waals surface area contributed by atoms with Gasteiger partial charge in [0, 0.05) is 11.8 Å². The molecule has 0 aliphatic heterocycles. The number of aromatic nitrogens is 1. The Kier molecular flexibility index (Phi) is 3.31. The van der Waals surface area contributed by atoms with Crippen LogP contribution in [-0.2, 0) is 6.61 Å². The molecular formula is C8H10ClNO2. The Morgan fingerprint density at radius 3 is 3.00 bits per heavy atom. The van der Waals surface area contributed by atoms with Crippen molar-refractivity contribution in [3.05, 3.63) is 22.8 Å². The van der Waals surface area contributed by atoms with Crippen LogP contribution in [0.4, 0.5) is 0 Å². The number of nitrogens with zero attached hydrogens (tertiary/aromatic N) is 1. The summed E-state index contributed by atoms with van der Waals surface area (Å²) in [5.74, 6) is 0.449. The van der Waals surface area contributed by atoms with Crippen molar-refractivity contribution in [1.82, 2.24) is 4.98 Å². The fourth-order valence-corrected chi connectivity index (χ4v) is 1.03. The van der Waals surface area contributed by atoms with Crippen molar-refractivity contribution < 1.29 is 9.84 Å². The van der Waals surface area contributed by atoms with Gasteiger partial charge in [-0.05, 0) is 13.0 Å². The first-order chi connectivity index (χ1) is 5.77. The zero-order valence-corrected chi connectivity index (χ0v) is 7.51. The molecule has 66 valence electrons. The van der Waals surface area contributed by atoms with Gasteiger partial charge in [-0.3, -0.25) is 0 Å². The van der Waals surface area contributed by atoms with Gasteiger partial charge in [0.25, 0.3) is 0 Å². The second kappa shape index (κ2) is 4.28. The summed E-state index contributed by atoms with van der Waals surface area (Å²) >= 11 is 5.67. The molecular weight excluding hydrogens is 178 g/mol. The lowest BCUT2D eigenvalue weighted by atomic mass is 10.3. The van der Waals surface area contributed by atoms with Crippen LogP contribution in [0.1, 0.15) is 12.5 Å². The smallest absolute Gasteiger partial charge is 0.218 e. The van der Waals surface area contributed by atoms with Gasteiger partial charge in [0.05, 0.1) is 18.2 Å². The van der Waals surface area contributed by atoms with Crippen molar-refractivity contribution in [2.75, 3.05) is 6.61 Å². The maximum absolute atomic E-state index is 8.89. The number of hydrogen-bond donors (Lipinski definition) is 1. The van der Waals surface area contributed by atoms with E-state index in [0.29, 0.717) is 23.1 Å². The molecule has 0 saturated carbocycles. The summed E-state index contributed by atoms with van der Waals surface area (Å²) in [6.45, 7) is 2.28. The van der Waals surface area contributed by atoms with E-state index < -0.39 is 0 Å². The molecule has 0 amide bonds. The minimum absolute atomic E-state index is 0.108. The zero-order valence-electron chi connectivity index (χ0n) is 6.75. The molecule has 3 nitrogen and oxygen atoms in total. The number of aliphatic hydroxyl groups excluding tert-OH is 1. The second-order valence-corrected chi connectivity index (χ2v) is 2.65. The predicted molar refractivity (Wildman–Crippen MR) is 46.3 cm³/mol. The monoisotopic (exact) mass is 187 g/mol. The van der Waals surface area contributed by atoms with Crippen LogP contribution in [0.5, 0.6) is 5.88 Å². The van der Waals surface area contributed by atoms with Crippen LogP contribution in [0, 0.1) is 0 Å². The Morgan fingerprint density at radius 1 is 1.67 bits per heavy atom. The van der Waals surface area contributed by atoms with Gasteiger partial charge >= 0.3 is 0 Å². The van der Waals surface area contributed by atoms with Gasteiger partial charge < -0.3 is 9.84 Å². The van der Waals surface area contributed by atoms with Crippen molar-refractivity contribution in [3.8, 4) is 5.88 Å². The molecule has 1 aromatic rings. The van der Waals surface area contributed by atoms with Gasteiger partial charge in [-0.1, -0.05) is 11.6 Å². The molecule has 0 bridgehead atoms. The van der Waals surface area contributed by atoms with Crippen molar-refractivity contribution in [1.29, 1.82) is 0 Å². The summed E-state index contributed by atoms with van der Waals surface area (Å²) in [6.07, 6.45) is 1.49. The first kappa shape index (κ1) is 9.29. The van der Waals surface area contributed by atoms with E-state index in [-0.39, 0.29) is 6.61 Å². The van der Waals surface area contributed by atoms with Crippen LogP contribution < -0.4 is 4.74 Å². The van der Waals surface area contributed by atoms with Crippen LogP contribution in [-0.4, -0.2) is 16.7 Å². The highest BCUT2D eigenvalue weighted by molar-refractivity contribution is 6.30. The van der Waals surface area contributed by atoms with E-state index in [1.165, 1.54) is 6.20 Å². The van der Waals surface area contributed by atoms with Crippen molar-refractivity contribution >= 4 is 11.6 Å². The fraction of sp³-hybridized carbons (Fsp3) is 0.375. The molecule has 0 aromatic carbocycles. The Labute approximate surface area is 76.0 Å². The number of hydrogen-bond acceptors (Lipinski definition) is 3. The molecule has 0 atom stereocenters. The van der Waals surface area contributed by atoms with Crippen LogP contribution in [0.25, 0.3) is 0 Å². The number of rotatable bonds is 3. The van der Waals surface area contributed by atoms with Crippen LogP contribution in [0.3, 0.4) is 0 Å². The van der Waals surface area contributed by atoms with Crippen molar-refractivity contribution in [2.24, 2.45) is 0 Å². The van der Waals surface area contributed by atoms with Gasteiger partial charge in [-0.15, -0.1) is 0 Å². The highest BCUT2D eigenvalue weighted by atomic mass is 35.5. The van der Waals surface area contributed by atoms with Gasteiger partial charge in [0.2, 0.25) is 5.88 Å². The zero-order chi connectivity index (χ0) is 8.97. The van der Waals surface area contributed by atoms with Gasteiger partial charge in [-0.2, -0.15) is 0 Å². The number of pyridine rings is 1. The SMILES string of the molecule is CCOc1ncc(Cl)cc1CO. The van der Waals surface area contributed by atoms with E-state index in [2.05, 4.69) is 4.98 Å². The Bertz CT molecular complexity index is 265. The fourth-order valence-electron chi connectivity index (χ4n) is 0.849. The summed E-state index contributed by atoms with van der Waals surface area (Å²) in [5, 5.41) is 9.39. The van der Waals surface area contributed by atoms with E-state index in [1.54, 1.807) is 6.07 Å². The normalized spacial score (nSPS) is 9.92. The van der Waals surface area contributed by atoms with Gasteiger partial charge in [0.1, 0.15) is 0 Å². The van der Waals surface area contributed by atoms with E-state index in [1.807, 2.05) is 6.92 Å². The summed E-state index contributed by atoms with van der Waals surface area (Å²) in [5.41, 5.74) is 0.615. The van der Waals surface area contributed by atoms with Crippen LogP contribution in [0.15, 0.2) is 12.3 Å². The number of halogens is 1. The Morgan fingerprint density at radius 2 is 2.42 bits per heavy atom. The van der Waals surface area contributed by atoms with E-state index in [0.717, 1.165) is 0 Å². The Balaban J connectivity index is 2.94. The summed E-state index contributed by atoms with van der Waals surface area (Å²) < 4.78 is 5.15. The second-order valence-electron chi connectivity index (χ2n) is 2.21. The lowest BCUT2D eigenvalue weighted by Gasteiger charge is -2.06. The van der Waals surface area contributed by atoms with Crippen molar-refractivity contribution in [2.45, 2.75) is 13.5 Å². The molecule has 1 N–H and O–H groups in total. The summed E-state index contributed by atoms with van der Waals surface area (Å²) in [4.78, 5) is 3.92. The van der Waals surface area contributed by atoms with Gasteiger partial charge in [0.15, 0.2) is 0 Å². The third-order valence-corrected chi connectivity index (χ3v) is 1.55. The lowest BCUT2D eigenvalue weighted by molar-refractivity contribution is 0.263. The van der Waals surface area contributed by atoms with Crippen molar-refractivity contribution in [3.63, 3.8) is 0 Å².